The number of benzene rings is 6. The van der Waals surface area contributed by atoms with Gasteiger partial charge in [0.05, 0.1) is 17.1 Å². The number of hydrogen-bond donors (Lipinski definition) is 0. The molecule has 0 saturated carbocycles. The van der Waals surface area contributed by atoms with Crippen molar-refractivity contribution >= 4 is 28.8 Å². The van der Waals surface area contributed by atoms with E-state index in [0.717, 1.165) is 33.8 Å². The average molecular weight is 613 g/mol. The molecule has 0 amide bonds. The van der Waals surface area contributed by atoms with Gasteiger partial charge in [-0.15, -0.1) is 0 Å². The van der Waals surface area contributed by atoms with Crippen molar-refractivity contribution in [1.82, 2.24) is 15.0 Å². The van der Waals surface area contributed by atoms with Crippen LogP contribution in [0.5, 0.6) is 23.0 Å². The van der Waals surface area contributed by atoms with Crippen LogP contribution in [0.4, 0.5) is 17.1 Å². The van der Waals surface area contributed by atoms with Gasteiger partial charge in [0.15, 0.2) is 40.5 Å². The summed E-state index contributed by atoms with van der Waals surface area (Å²) in [5.41, 5.74) is 5.88. The van der Waals surface area contributed by atoms with Gasteiger partial charge in [0.25, 0.3) is 0 Å². The standard InChI is InChI=1S/C39H24N4O2S/c1-3-11-25(12-4-1)37-40-38(26-13-5-2-6-14-26)42-39(41-37)27-19-21-31-33(23-27)45-34-24-28(20-22-32(34)44-31)43-29-15-7-9-17-35(29)46-36-18-10-8-16-30(36)43/h1-24H. The lowest BCUT2D eigenvalue weighted by molar-refractivity contribution is 0.360. The minimum atomic E-state index is 0.553. The van der Waals surface area contributed by atoms with Crippen LogP contribution in [-0.2, 0) is 0 Å². The number of fused-ring (bicyclic) bond motifs is 4. The second kappa shape index (κ2) is 10.9. The molecule has 0 unspecified atom stereocenters. The van der Waals surface area contributed by atoms with Crippen molar-refractivity contribution in [2.75, 3.05) is 4.90 Å². The van der Waals surface area contributed by atoms with Gasteiger partial charge in [-0.3, -0.25) is 0 Å². The molecule has 9 rings (SSSR count). The fourth-order valence-electron chi connectivity index (χ4n) is 5.77. The van der Waals surface area contributed by atoms with Crippen molar-refractivity contribution in [3.8, 4) is 57.2 Å². The Kier molecular flexibility index (Phi) is 6.28. The van der Waals surface area contributed by atoms with E-state index in [1.54, 1.807) is 11.8 Å². The second-order valence-corrected chi connectivity index (χ2v) is 12.0. The third-order valence-electron chi connectivity index (χ3n) is 7.96. The Hall–Kier alpha value is -5.92. The zero-order valence-electron chi connectivity index (χ0n) is 24.4. The summed E-state index contributed by atoms with van der Waals surface area (Å²) < 4.78 is 12.9. The van der Waals surface area contributed by atoms with E-state index in [-0.39, 0.29) is 0 Å². The maximum absolute atomic E-state index is 6.55. The van der Waals surface area contributed by atoms with Gasteiger partial charge >= 0.3 is 0 Å². The first-order valence-electron chi connectivity index (χ1n) is 14.9. The van der Waals surface area contributed by atoms with Crippen LogP contribution in [0.1, 0.15) is 0 Å². The summed E-state index contributed by atoms with van der Waals surface area (Å²) >= 11 is 1.78. The summed E-state index contributed by atoms with van der Waals surface area (Å²) in [6.45, 7) is 0. The molecule has 0 saturated heterocycles. The fourth-order valence-corrected chi connectivity index (χ4v) is 6.83. The molecule has 3 heterocycles. The van der Waals surface area contributed by atoms with Crippen molar-refractivity contribution in [2.45, 2.75) is 9.79 Å². The largest absolute Gasteiger partial charge is 0.450 e. The smallest absolute Gasteiger partial charge is 0.172 e. The maximum atomic E-state index is 6.55. The lowest BCUT2D eigenvalue weighted by Gasteiger charge is -2.33. The number of anilines is 3. The normalized spacial score (nSPS) is 12.6. The first-order chi connectivity index (χ1) is 22.8. The van der Waals surface area contributed by atoms with Crippen LogP contribution in [0.15, 0.2) is 155 Å². The second-order valence-electron chi connectivity index (χ2n) is 10.9. The Bertz CT molecular complexity index is 2160. The number of hydrogen-bond acceptors (Lipinski definition) is 7. The summed E-state index contributed by atoms with van der Waals surface area (Å²) in [6, 6.07) is 48.7. The van der Waals surface area contributed by atoms with E-state index in [1.165, 1.54) is 9.79 Å². The Morgan fingerprint density at radius 1 is 0.413 bits per heavy atom. The fraction of sp³-hybridized carbons (Fsp3) is 0. The first-order valence-corrected chi connectivity index (χ1v) is 15.8. The number of nitrogens with zero attached hydrogens (tertiary/aromatic N) is 4. The van der Waals surface area contributed by atoms with Gasteiger partial charge in [0.1, 0.15) is 0 Å². The highest BCUT2D eigenvalue weighted by Crippen LogP contribution is 2.53. The van der Waals surface area contributed by atoms with E-state index in [1.807, 2.05) is 91.0 Å². The van der Waals surface area contributed by atoms with E-state index in [9.17, 15) is 0 Å². The molecule has 46 heavy (non-hydrogen) atoms. The van der Waals surface area contributed by atoms with Crippen LogP contribution in [-0.4, -0.2) is 15.0 Å². The van der Waals surface area contributed by atoms with Gasteiger partial charge in [-0.25, -0.2) is 15.0 Å². The number of rotatable bonds is 4. The Balaban J connectivity index is 1.10. The molecule has 1 aromatic heterocycles. The Morgan fingerprint density at radius 2 is 0.891 bits per heavy atom. The summed E-state index contributed by atoms with van der Waals surface area (Å²) in [5, 5.41) is 0. The highest BCUT2D eigenvalue weighted by molar-refractivity contribution is 7.99. The van der Waals surface area contributed by atoms with Crippen LogP contribution < -0.4 is 14.4 Å². The average Bonchev–Trinajstić information content (AvgIpc) is 3.13. The molecule has 6 aromatic carbocycles. The maximum Gasteiger partial charge on any atom is 0.172 e. The molecule has 0 bridgehead atoms. The van der Waals surface area contributed by atoms with Crippen molar-refractivity contribution in [1.29, 1.82) is 0 Å². The molecular formula is C39H24N4O2S. The molecule has 0 atom stereocenters. The zero-order chi connectivity index (χ0) is 30.5. The highest BCUT2D eigenvalue weighted by atomic mass is 32.2. The predicted molar refractivity (Wildman–Crippen MR) is 182 cm³/mol. The molecule has 0 spiro atoms. The summed E-state index contributed by atoms with van der Waals surface area (Å²) in [5.74, 6) is 4.30. The molecular weight excluding hydrogens is 589 g/mol. The number of aromatic nitrogens is 3. The minimum absolute atomic E-state index is 0.553. The van der Waals surface area contributed by atoms with Gasteiger partial charge in [-0.2, -0.15) is 0 Å². The molecule has 7 heteroatoms. The molecule has 0 aliphatic carbocycles. The topological polar surface area (TPSA) is 60.4 Å². The van der Waals surface area contributed by atoms with E-state index < -0.39 is 0 Å². The molecule has 0 radical (unpaired) electrons. The van der Waals surface area contributed by atoms with Crippen LogP contribution in [0, 0.1) is 0 Å². The molecule has 0 N–H and O–H groups in total. The van der Waals surface area contributed by atoms with E-state index in [2.05, 4.69) is 59.5 Å². The third kappa shape index (κ3) is 4.65. The van der Waals surface area contributed by atoms with Crippen LogP contribution >= 0.6 is 11.8 Å². The predicted octanol–water partition coefficient (Wildman–Crippen LogP) is 10.7. The number of ether oxygens (including phenoxy) is 2. The van der Waals surface area contributed by atoms with Gasteiger partial charge in [0, 0.05) is 32.5 Å². The van der Waals surface area contributed by atoms with Gasteiger partial charge in [-0.1, -0.05) is 96.7 Å². The van der Waals surface area contributed by atoms with E-state index in [4.69, 9.17) is 24.4 Å². The minimum Gasteiger partial charge on any atom is -0.450 e. The van der Waals surface area contributed by atoms with Crippen molar-refractivity contribution < 1.29 is 9.47 Å². The van der Waals surface area contributed by atoms with Crippen molar-refractivity contribution in [2.24, 2.45) is 0 Å². The van der Waals surface area contributed by atoms with Gasteiger partial charge in [0.2, 0.25) is 0 Å². The summed E-state index contributed by atoms with van der Waals surface area (Å²) in [7, 11) is 0. The summed E-state index contributed by atoms with van der Waals surface area (Å²) in [6.07, 6.45) is 0. The third-order valence-corrected chi connectivity index (χ3v) is 9.09. The van der Waals surface area contributed by atoms with Crippen LogP contribution in [0.25, 0.3) is 34.2 Å². The first kappa shape index (κ1) is 26.5. The Morgan fingerprint density at radius 3 is 1.50 bits per heavy atom. The molecule has 218 valence electrons. The zero-order valence-corrected chi connectivity index (χ0v) is 25.2. The van der Waals surface area contributed by atoms with Crippen LogP contribution in [0.2, 0.25) is 0 Å². The molecule has 2 aliphatic heterocycles. The quantitative estimate of drug-likeness (QED) is 0.196. The van der Waals surface area contributed by atoms with Crippen molar-refractivity contribution in [3.63, 3.8) is 0 Å². The lowest BCUT2D eigenvalue weighted by Crippen LogP contribution is -2.15. The highest BCUT2D eigenvalue weighted by Gasteiger charge is 2.27. The van der Waals surface area contributed by atoms with E-state index in [0.29, 0.717) is 40.5 Å². The van der Waals surface area contributed by atoms with Gasteiger partial charge < -0.3 is 14.4 Å². The monoisotopic (exact) mass is 612 g/mol. The molecule has 7 aromatic rings. The van der Waals surface area contributed by atoms with Gasteiger partial charge in [-0.05, 0) is 54.6 Å². The number of para-hydroxylation sites is 2. The lowest BCUT2D eigenvalue weighted by atomic mass is 10.1. The molecule has 2 aliphatic rings. The van der Waals surface area contributed by atoms with Crippen molar-refractivity contribution in [3.05, 3.63) is 146 Å². The van der Waals surface area contributed by atoms with Crippen LogP contribution in [0.3, 0.4) is 0 Å². The van der Waals surface area contributed by atoms with E-state index >= 15 is 0 Å². The summed E-state index contributed by atoms with van der Waals surface area (Å²) in [4.78, 5) is 19.3. The molecule has 6 nitrogen and oxygen atoms in total. The SMILES string of the molecule is c1ccc(-c2nc(-c3ccccc3)nc(-c3ccc4c(c3)Oc3cc(N5c6ccccc6Sc6ccccc65)ccc3O4)n2)cc1. The Labute approximate surface area is 270 Å². The molecule has 0 fully saturated rings.